The van der Waals surface area contributed by atoms with Crippen LogP contribution in [0.4, 0.5) is 0 Å². The minimum atomic E-state index is -0.124. The third kappa shape index (κ3) is 24.3. The van der Waals surface area contributed by atoms with Crippen LogP contribution in [0.1, 0.15) is 155 Å². The molecule has 0 aliphatic heterocycles. The van der Waals surface area contributed by atoms with Crippen LogP contribution in [0.2, 0.25) is 0 Å². The van der Waals surface area contributed by atoms with Crippen LogP contribution in [-0.4, -0.2) is 31.9 Å². The van der Waals surface area contributed by atoms with E-state index in [1.807, 2.05) is 0 Å². The molecule has 0 spiro atoms. The first-order valence-electron chi connectivity index (χ1n) is 15.3. The van der Waals surface area contributed by atoms with E-state index in [0.717, 1.165) is 44.3 Å². The van der Waals surface area contributed by atoms with E-state index in [1.165, 1.54) is 96.3 Å². The fourth-order valence-electron chi connectivity index (χ4n) is 5.00. The van der Waals surface area contributed by atoms with Crippen molar-refractivity contribution >= 4 is 18.7 Å². The van der Waals surface area contributed by atoms with Crippen LogP contribution in [0.5, 0.6) is 0 Å². The largest absolute Gasteiger partial charge is 0.468 e. The zero-order valence-corrected chi connectivity index (χ0v) is 23.8. The van der Waals surface area contributed by atoms with Crippen LogP contribution in [-0.2, 0) is 23.9 Å². The van der Waals surface area contributed by atoms with Crippen molar-refractivity contribution in [3.63, 3.8) is 0 Å². The average Bonchev–Trinajstić information content (AvgIpc) is 2.88. The van der Waals surface area contributed by atoms with Gasteiger partial charge >= 0.3 is 5.97 Å². The highest BCUT2D eigenvalue weighted by Crippen LogP contribution is 2.23. The van der Waals surface area contributed by atoms with E-state index in [-0.39, 0.29) is 11.9 Å². The van der Waals surface area contributed by atoms with Crippen LogP contribution in [0, 0.1) is 11.8 Å². The lowest BCUT2D eigenvalue weighted by molar-refractivity contribution is -0.144. The maximum absolute atomic E-state index is 12.2. The molecule has 2 unspecified atom stereocenters. The molecule has 0 aromatic rings. The van der Waals surface area contributed by atoms with E-state index in [0.29, 0.717) is 32.5 Å². The Balaban J connectivity index is 4.12. The lowest BCUT2D eigenvalue weighted by atomic mass is 9.90. The molecule has 5 nitrogen and oxygen atoms in total. The molecule has 0 amide bonds. The first kappa shape index (κ1) is 34.6. The highest BCUT2D eigenvalue weighted by atomic mass is 16.5. The van der Waals surface area contributed by atoms with Crippen LogP contribution in [0.3, 0.4) is 0 Å². The Bertz CT molecular complexity index is 493. The molecule has 0 aliphatic carbocycles. The Morgan fingerprint density at radius 3 is 1.75 bits per heavy atom. The smallest absolute Gasteiger partial charge is 0.305 e. The number of aldehydes is 1. The first-order chi connectivity index (χ1) is 17.7. The Kier molecular flexibility index (Phi) is 27.1. The quantitative estimate of drug-likeness (QED) is 0.0571. The molecule has 0 N–H and O–H groups in total. The van der Waals surface area contributed by atoms with Crippen LogP contribution < -0.4 is 0 Å². The van der Waals surface area contributed by atoms with E-state index in [1.54, 1.807) is 0 Å². The summed E-state index contributed by atoms with van der Waals surface area (Å²) in [6, 6.07) is 0. The standard InChI is InChI=1S/C31H58O5/c1-3-5-7-9-10-12-14-20-29(19-13-11-8-6-4-2)23-18-26-36-31(34)24-17-22-30(27-35-28-33)21-15-16-25-32/h25,28-30H,3-24,26-27H2,1-2H3. The molecule has 36 heavy (non-hydrogen) atoms. The SMILES string of the molecule is CCCCCCCCCC(CCCCCCC)CCCOC(=O)CCCC(CCCC=O)COC=O. The summed E-state index contributed by atoms with van der Waals surface area (Å²) in [4.78, 5) is 33.2. The van der Waals surface area contributed by atoms with Gasteiger partial charge in [0.2, 0.25) is 0 Å². The zero-order valence-electron chi connectivity index (χ0n) is 23.8. The molecule has 0 saturated carbocycles. The molecule has 0 heterocycles. The molecular weight excluding hydrogens is 452 g/mol. The molecule has 0 fully saturated rings. The van der Waals surface area contributed by atoms with Crippen molar-refractivity contribution in [3.8, 4) is 0 Å². The second-order valence-corrected chi connectivity index (χ2v) is 10.6. The molecule has 0 aromatic heterocycles. The number of carbonyl (C=O) groups is 3. The van der Waals surface area contributed by atoms with Gasteiger partial charge in [-0.2, -0.15) is 0 Å². The van der Waals surface area contributed by atoms with Crippen molar-refractivity contribution in [2.45, 2.75) is 155 Å². The zero-order chi connectivity index (χ0) is 26.5. The minimum Gasteiger partial charge on any atom is -0.468 e. The molecular formula is C31H58O5. The third-order valence-corrected chi connectivity index (χ3v) is 7.28. The summed E-state index contributed by atoms with van der Waals surface area (Å²) < 4.78 is 10.4. The highest BCUT2D eigenvalue weighted by Gasteiger charge is 2.13. The summed E-state index contributed by atoms with van der Waals surface area (Å²) in [6.45, 7) is 5.88. The normalized spacial score (nSPS) is 12.7. The van der Waals surface area contributed by atoms with Crippen molar-refractivity contribution in [3.05, 3.63) is 0 Å². The fourth-order valence-corrected chi connectivity index (χ4v) is 5.00. The summed E-state index contributed by atoms with van der Waals surface area (Å²) in [6.07, 6.45) is 26.0. The topological polar surface area (TPSA) is 69.7 Å². The molecule has 0 aliphatic rings. The van der Waals surface area contributed by atoms with Crippen LogP contribution in [0.25, 0.3) is 0 Å². The van der Waals surface area contributed by atoms with Gasteiger partial charge in [-0.05, 0) is 50.4 Å². The summed E-state index contributed by atoms with van der Waals surface area (Å²) in [5.74, 6) is 0.847. The van der Waals surface area contributed by atoms with Gasteiger partial charge in [0.05, 0.1) is 13.2 Å². The third-order valence-electron chi connectivity index (χ3n) is 7.28. The first-order valence-corrected chi connectivity index (χ1v) is 15.3. The van der Waals surface area contributed by atoms with Crippen molar-refractivity contribution in [1.29, 1.82) is 0 Å². The number of rotatable bonds is 29. The van der Waals surface area contributed by atoms with Gasteiger partial charge in [-0.1, -0.05) is 104 Å². The number of unbranched alkanes of at least 4 members (excludes halogenated alkanes) is 11. The Hall–Kier alpha value is -1.39. The van der Waals surface area contributed by atoms with Gasteiger partial charge in [0.1, 0.15) is 6.29 Å². The number of ether oxygens (including phenoxy) is 2. The van der Waals surface area contributed by atoms with E-state index in [9.17, 15) is 14.4 Å². The van der Waals surface area contributed by atoms with E-state index < -0.39 is 0 Å². The van der Waals surface area contributed by atoms with Gasteiger partial charge in [-0.3, -0.25) is 9.59 Å². The number of hydrogen-bond donors (Lipinski definition) is 0. The number of carbonyl (C=O) groups excluding carboxylic acids is 3. The van der Waals surface area contributed by atoms with Crippen molar-refractivity contribution < 1.29 is 23.9 Å². The monoisotopic (exact) mass is 510 g/mol. The molecule has 0 rings (SSSR count). The minimum absolute atomic E-state index is 0.124. The summed E-state index contributed by atoms with van der Waals surface area (Å²) >= 11 is 0. The lowest BCUT2D eigenvalue weighted by Gasteiger charge is -2.17. The van der Waals surface area contributed by atoms with Gasteiger partial charge in [0.25, 0.3) is 6.47 Å². The van der Waals surface area contributed by atoms with Gasteiger partial charge < -0.3 is 14.3 Å². The molecule has 212 valence electrons. The fraction of sp³-hybridized carbons (Fsp3) is 0.903. The summed E-state index contributed by atoms with van der Waals surface area (Å²) in [5, 5.41) is 0. The van der Waals surface area contributed by atoms with Crippen LogP contribution in [0.15, 0.2) is 0 Å². The van der Waals surface area contributed by atoms with Crippen molar-refractivity contribution in [2.75, 3.05) is 13.2 Å². The molecule has 5 heteroatoms. The Labute approximate surface area is 222 Å². The maximum atomic E-state index is 12.2. The van der Waals surface area contributed by atoms with E-state index >= 15 is 0 Å². The van der Waals surface area contributed by atoms with Crippen LogP contribution >= 0.6 is 0 Å². The van der Waals surface area contributed by atoms with Crippen molar-refractivity contribution in [2.24, 2.45) is 11.8 Å². The van der Waals surface area contributed by atoms with E-state index in [2.05, 4.69) is 13.8 Å². The number of hydrogen-bond acceptors (Lipinski definition) is 5. The predicted octanol–water partition coefficient (Wildman–Crippen LogP) is 8.76. The molecule has 0 radical (unpaired) electrons. The van der Waals surface area contributed by atoms with Gasteiger partial charge in [0.15, 0.2) is 0 Å². The second-order valence-electron chi connectivity index (χ2n) is 10.6. The predicted molar refractivity (Wildman–Crippen MR) is 149 cm³/mol. The van der Waals surface area contributed by atoms with Gasteiger partial charge in [-0.25, -0.2) is 0 Å². The maximum Gasteiger partial charge on any atom is 0.305 e. The van der Waals surface area contributed by atoms with E-state index in [4.69, 9.17) is 9.47 Å². The average molecular weight is 511 g/mol. The summed E-state index contributed by atoms with van der Waals surface area (Å²) in [5.41, 5.74) is 0. The highest BCUT2D eigenvalue weighted by molar-refractivity contribution is 5.69. The van der Waals surface area contributed by atoms with Crippen molar-refractivity contribution in [1.82, 2.24) is 0 Å². The van der Waals surface area contributed by atoms with Gasteiger partial charge in [-0.15, -0.1) is 0 Å². The Morgan fingerprint density at radius 1 is 0.639 bits per heavy atom. The lowest BCUT2D eigenvalue weighted by Crippen LogP contribution is -2.12. The summed E-state index contributed by atoms with van der Waals surface area (Å²) in [7, 11) is 0. The van der Waals surface area contributed by atoms with Gasteiger partial charge in [0, 0.05) is 12.8 Å². The number of esters is 1. The molecule has 0 saturated heterocycles. The second kappa shape index (κ2) is 28.2. The molecule has 0 aromatic carbocycles. The Morgan fingerprint density at radius 2 is 1.17 bits per heavy atom. The molecule has 2 atom stereocenters. The molecule has 0 bridgehead atoms.